The van der Waals surface area contributed by atoms with Crippen molar-refractivity contribution in [1.82, 2.24) is 0 Å². The fourth-order valence-corrected chi connectivity index (χ4v) is 3.01. The molecule has 2 aromatic rings. The number of carbonyl (C=O) groups excluding carboxylic acids is 2. The van der Waals surface area contributed by atoms with Gasteiger partial charge in [-0.2, -0.15) is 0 Å². The van der Waals surface area contributed by atoms with Gasteiger partial charge in [0.1, 0.15) is 5.75 Å². The van der Waals surface area contributed by atoms with Crippen molar-refractivity contribution in [3.63, 3.8) is 0 Å². The number of anilines is 2. The number of nitrogens with one attached hydrogen (secondary N) is 1. The second-order valence-electron chi connectivity index (χ2n) is 5.95. The second-order valence-corrected chi connectivity index (χ2v) is 6.38. The lowest BCUT2D eigenvalue weighted by Crippen LogP contribution is -2.24. The van der Waals surface area contributed by atoms with E-state index in [1.54, 1.807) is 35.2 Å². The van der Waals surface area contributed by atoms with Crippen LogP contribution in [0.5, 0.6) is 5.75 Å². The molecule has 0 unspecified atom stereocenters. The summed E-state index contributed by atoms with van der Waals surface area (Å²) in [7, 11) is 0. The van der Waals surface area contributed by atoms with Crippen LogP contribution in [0.25, 0.3) is 0 Å². The number of nitrogens with zero attached hydrogens (tertiary/aromatic N) is 1. The van der Waals surface area contributed by atoms with Crippen molar-refractivity contribution in [2.45, 2.75) is 19.8 Å². The molecule has 1 aliphatic heterocycles. The van der Waals surface area contributed by atoms with Gasteiger partial charge in [-0.05, 0) is 55.3 Å². The Morgan fingerprint density at radius 2 is 2.12 bits per heavy atom. The number of hydrogen-bond donors (Lipinski definition) is 1. The van der Waals surface area contributed by atoms with Gasteiger partial charge in [-0.25, -0.2) is 0 Å². The molecule has 1 heterocycles. The summed E-state index contributed by atoms with van der Waals surface area (Å²) in [5.41, 5.74) is 2.31. The largest absolute Gasteiger partial charge is 0.483 e. The van der Waals surface area contributed by atoms with Gasteiger partial charge in [0.25, 0.3) is 5.91 Å². The van der Waals surface area contributed by atoms with Crippen molar-refractivity contribution in [2.75, 3.05) is 23.4 Å². The minimum absolute atomic E-state index is 0.102. The lowest BCUT2D eigenvalue weighted by molar-refractivity contribution is -0.118. The van der Waals surface area contributed by atoms with Crippen LogP contribution in [0.15, 0.2) is 42.5 Å². The third-order valence-electron chi connectivity index (χ3n) is 4.01. The molecule has 1 saturated heterocycles. The first-order valence-electron chi connectivity index (χ1n) is 8.12. The van der Waals surface area contributed by atoms with Gasteiger partial charge in [-0.1, -0.05) is 17.7 Å². The lowest BCUT2D eigenvalue weighted by atomic mass is 10.2. The molecule has 0 bridgehead atoms. The Balaban J connectivity index is 1.60. The van der Waals surface area contributed by atoms with Crippen LogP contribution in [-0.4, -0.2) is 25.0 Å². The van der Waals surface area contributed by atoms with Crippen LogP contribution in [-0.2, 0) is 9.59 Å². The van der Waals surface area contributed by atoms with E-state index in [1.165, 1.54) is 0 Å². The molecule has 3 rings (SSSR count). The van der Waals surface area contributed by atoms with Crippen LogP contribution < -0.4 is 15.0 Å². The van der Waals surface area contributed by atoms with E-state index in [9.17, 15) is 9.59 Å². The number of hydrogen-bond acceptors (Lipinski definition) is 3. The highest BCUT2D eigenvalue weighted by molar-refractivity contribution is 6.30. The summed E-state index contributed by atoms with van der Waals surface area (Å²) in [6.45, 7) is 2.49. The van der Waals surface area contributed by atoms with Crippen molar-refractivity contribution in [3.05, 3.63) is 53.1 Å². The Bertz CT molecular complexity index is 807. The first kappa shape index (κ1) is 17.3. The van der Waals surface area contributed by atoms with Gasteiger partial charge >= 0.3 is 0 Å². The summed E-state index contributed by atoms with van der Waals surface area (Å²) in [6, 6.07) is 12.5. The second kappa shape index (κ2) is 7.57. The molecular weight excluding hydrogens is 340 g/mol. The number of halogens is 1. The van der Waals surface area contributed by atoms with E-state index in [0.29, 0.717) is 22.9 Å². The van der Waals surface area contributed by atoms with Crippen LogP contribution in [0, 0.1) is 6.92 Å². The molecule has 6 heteroatoms. The molecule has 0 saturated carbocycles. The monoisotopic (exact) mass is 358 g/mol. The zero-order chi connectivity index (χ0) is 17.8. The van der Waals surface area contributed by atoms with E-state index >= 15 is 0 Å². The number of ether oxygens (including phenoxy) is 1. The summed E-state index contributed by atoms with van der Waals surface area (Å²) in [6.07, 6.45) is 1.44. The summed E-state index contributed by atoms with van der Waals surface area (Å²) >= 11 is 5.90. The van der Waals surface area contributed by atoms with Crippen molar-refractivity contribution in [1.29, 1.82) is 0 Å². The average Bonchev–Trinajstić information content (AvgIpc) is 3.00. The Kier molecular flexibility index (Phi) is 5.24. The predicted octanol–water partition coefficient (Wildman–Crippen LogP) is 3.79. The summed E-state index contributed by atoms with van der Waals surface area (Å²) < 4.78 is 5.54. The molecule has 2 aromatic carbocycles. The number of rotatable bonds is 5. The molecule has 0 aliphatic carbocycles. The number of benzene rings is 2. The maximum Gasteiger partial charge on any atom is 0.262 e. The highest BCUT2D eigenvalue weighted by Crippen LogP contribution is 2.24. The maximum atomic E-state index is 12.1. The van der Waals surface area contributed by atoms with Crippen LogP contribution >= 0.6 is 11.6 Å². The molecule has 0 radical (unpaired) electrons. The summed E-state index contributed by atoms with van der Waals surface area (Å²) in [5, 5.41) is 3.42. The molecule has 5 nitrogen and oxygen atoms in total. The standard InChI is InChI=1S/C19H19ClN2O3/c1-13-10-14(20)7-8-17(13)25-12-18(23)21-15-4-2-5-16(11-15)22-9-3-6-19(22)24/h2,4-5,7-8,10-11H,3,6,9,12H2,1H3,(H,21,23). The first-order chi connectivity index (χ1) is 12.0. The first-order valence-corrected chi connectivity index (χ1v) is 8.50. The Morgan fingerprint density at radius 3 is 2.84 bits per heavy atom. The van der Waals surface area contributed by atoms with Crippen molar-refractivity contribution in [2.24, 2.45) is 0 Å². The van der Waals surface area contributed by atoms with Crippen LogP contribution in [0.3, 0.4) is 0 Å². The lowest BCUT2D eigenvalue weighted by Gasteiger charge is -2.17. The van der Waals surface area contributed by atoms with Crippen LogP contribution in [0.2, 0.25) is 5.02 Å². The van der Waals surface area contributed by atoms with Gasteiger partial charge < -0.3 is 15.0 Å². The van der Waals surface area contributed by atoms with E-state index < -0.39 is 0 Å². The van der Waals surface area contributed by atoms with Gasteiger partial charge in [0.05, 0.1) is 0 Å². The zero-order valence-electron chi connectivity index (χ0n) is 13.9. The topological polar surface area (TPSA) is 58.6 Å². The van der Waals surface area contributed by atoms with E-state index in [-0.39, 0.29) is 18.4 Å². The number of carbonyl (C=O) groups is 2. The molecule has 1 aliphatic rings. The Hall–Kier alpha value is -2.53. The molecular formula is C19H19ClN2O3. The van der Waals surface area contributed by atoms with Gasteiger partial charge in [-0.15, -0.1) is 0 Å². The molecule has 0 atom stereocenters. The SMILES string of the molecule is Cc1cc(Cl)ccc1OCC(=O)Nc1cccc(N2CCCC2=O)c1. The fourth-order valence-electron chi connectivity index (χ4n) is 2.79. The van der Waals surface area contributed by atoms with Gasteiger partial charge in [0, 0.05) is 29.4 Å². The summed E-state index contributed by atoms with van der Waals surface area (Å²) in [5.74, 6) is 0.472. The molecule has 1 N–H and O–H groups in total. The van der Waals surface area contributed by atoms with Gasteiger partial charge in [-0.3, -0.25) is 9.59 Å². The molecule has 0 spiro atoms. The van der Waals surface area contributed by atoms with Crippen LogP contribution in [0.4, 0.5) is 11.4 Å². The zero-order valence-corrected chi connectivity index (χ0v) is 14.7. The predicted molar refractivity (Wildman–Crippen MR) is 98.3 cm³/mol. The van der Waals surface area contributed by atoms with E-state index in [4.69, 9.17) is 16.3 Å². The van der Waals surface area contributed by atoms with Gasteiger partial charge in [0.15, 0.2) is 6.61 Å². The number of amides is 2. The van der Waals surface area contributed by atoms with Gasteiger partial charge in [0.2, 0.25) is 5.91 Å². The molecule has 0 aromatic heterocycles. The maximum absolute atomic E-state index is 12.1. The van der Waals surface area contributed by atoms with Crippen LogP contribution in [0.1, 0.15) is 18.4 Å². The van der Waals surface area contributed by atoms with Crippen molar-refractivity contribution >= 4 is 34.8 Å². The summed E-state index contributed by atoms with van der Waals surface area (Å²) in [4.78, 5) is 25.7. The van der Waals surface area contributed by atoms with Crippen molar-refractivity contribution < 1.29 is 14.3 Å². The van der Waals surface area contributed by atoms with E-state index in [2.05, 4.69) is 5.32 Å². The number of aryl methyl sites for hydroxylation is 1. The molecule has 25 heavy (non-hydrogen) atoms. The van der Waals surface area contributed by atoms with E-state index in [1.807, 2.05) is 19.1 Å². The Labute approximate surface area is 151 Å². The minimum Gasteiger partial charge on any atom is -0.483 e. The highest BCUT2D eigenvalue weighted by atomic mass is 35.5. The molecule has 1 fully saturated rings. The normalized spacial score (nSPS) is 13.8. The fraction of sp³-hybridized carbons (Fsp3) is 0.263. The molecule has 2 amide bonds. The minimum atomic E-state index is -0.265. The quantitative estimate of drug-likeness (QED) is 0.884. The molecule has 130 valence electrons. The Morgan fingerprint density at radius 1 is 1.28 bits per heavy atom. The highest BCUT2D eigenvalue weighted by Gasteiger charge is 2.21. The average molecular weight is 359 g/mol. The third kappa shape index (κ3) is 4.31. The van der Waals surface area contributed by atoms with Crippen molar-refractivity contribution in [3.8, 4) is 5.75 Å². The smallest absolute Gasteiger partial charge is 0.262 e. The third-order valence-corrected chi connectivity index (χ3v) is 4.25. The van der Waals surface area contributed by atoms with E-state index in [0.717, 1.165) is 24.2 Å².